The largest absolute Gasteiger partial charge is 0.289 e. The van der Waals surface area contributed by atoms with Crippen LogP contribution in [-0.2, 0) is 24.8 Å². The van der Waals surface area contributed by atoms with Crippen LogP contribution in [0.2, 0.25) is 10.0 Å². The SMILES string of the molecule is O=C(NO)C(CNS(=O)(=O)c1cc(Cl)ccc1Cl)NS(=O)(=O)c1cccc2ccccc12. The molecule has 9 nitrogen and oxygen atoms in total. The minimum absolute atomic E-state index is 0.107. The number of halogens is 2. The third-order valence-corrected chi connectivity index (χ3v) is 8.09. The number of carbonyl (C=O) groups is 1. The number of hydroxylamine groups is 1. The summed E-state index contributed by atoms with van der Waals surface area (Å²) < 4.78 is 55.4. The molecule has 1 atom stereocenters. The Kier molecular flexibility index (Phi) is 7.40. The molecular formula is C19H17Cl2N3O6S2. The van der Waals surface area contributed by atoms with Crippen LogP contribution in [0, 0.1) is 0 Å². The molecule has 32 heavy (non-hydrogen) atoms. The molecule has 1 unspecified atom stereocenters. The molecule has 0 fully saturated rings. The number of fused-ring (bicyclic) bond motifs is 1. The molecule has 0 radical (unpaired) electrons. The lowest BCUT2D eigenvalue weighted by Gasteiger charge is -2.18. The summed E-state index contributed by atoms with van der Waals surface area (Å²) in [6.07, 6.45) is 0. The van der Waals surface area contributed by atoms with Gasteiger partial charge in [0, 0.05) is 17.0 Å². The van der Waals surface area contributed by atoms with Gasteiger partial charge in [-0.05, 0) is 29.7 Å². The van der Waals surface area contributed by atoms with Crippen LogP contribution in [0.1, 0.15) is 0 Å². The summed E-state index contributed by atoms with van der Waals surface area (Å²) in [4.78, 5) is 11.6. The van der Waals surface area contributed by atoms with Crippen LogP contribution in [0.15, 0.2) is 70.5 Å². The Morgan fingerprint density at radius 3 is 2.31 bits per heavy atom. The Morgan fingerprint density at radius 1 is 0.906 bits per heavy atom. The van der Waals surface area contributed by atoms with Crippen LogP contribution in [-0.4, -0.2) is 40.5 Å². The van der Waals surface area contributed by atoms with Crippen molar-refractivity contribution in [2.75, 3.05) is 6.54 Å². The minimum Gasteiger partial charge on any atom is -0.289 e. The van der Waals surface area contributed by atoms with Gasteiger partial charge in [-0.1, -0.05) is 59.6 Å². The average molecular weight is 518 g/mol. The highest BCUT2D eigenvalue weighted by molar-refractivity contribution is 7.90. The summed E-state index contributed by atoms with van der Waals surface area (Å²) in [6, 6.07) is 13.4. The zero-order valence-corrected chi connectivity index (χ0v) is 19.3. The molecule has 13 heteroatoms. The Bertz CT molecular complexity index is 1380. The number of rotatable bonds is 8. The van der Waals surface area contributed by atoms with Gasteiger partial charge in [0.15, 0.2) is 0 Å². The molecule has 0 aromatic heterocycles. The summed E-state index contributed by atoms with van der Waals surface area (Å²) in [5.74, 6) is -1.17. The summed E-state index contributed by atoms with van der Waals surface area (Å²) in [5.41, 5.74) is 1.32. The Morgan fingerprint density at radius 2 is 1.59 bits per heavy atom. The van der Waals surface area contributed by atoms with E-state index < -0.39 is 38.5 Å². The van der Waals surface area contributed by atoms with Crippen LogP contribution in [0.4, 0.5) is 0 Å². The first kappa shape index (κ1) is 24.4. The number of nitrogens with one attached hydrogen (secondary N) is 3. The fraction of sp³-hybridized carbons (Fsp3) is 0.105. The van der Waals surface area contributed by atoms with Crippen LogP contribution in [0.25, 0.3) is 10.8 Å². The molecule has 0 aliphatic heterocycles. The number of benzene rings is 3. The molecule has 4 N–H and O–H groups in total. The molecule has 3 aromatic carbocycles. The molecule has 0 saturated carbocycles. The van der Waals surface area contributed by atoms with Crippen LogP contribution in [0.5, 0.6) is 0 Å². The van der Waals surface area contributed by atoms with Gasteiger partial charge in [-0.15, -0.1) is 0 Å². The first-order valence-corrected chi connectivity index (χ1v) is 12.7. The van der Waals surface area contributed by atoms with Crippen molar-refractivity contribution in [3.05, 3.63) is 70.7 Å². The topological polar surface area (TPSA) is 142 Å². The lowest BCUT2D eigenvalue weighted by Crippen LogP contribution is -2.51. The molecule has 0 spiro atoms. The van der Waals surface area contributed by atoms with Crippen molar-refractivity contribution in [3.8, 4) is 0 Å². The van der Waals surface area contributed by atoms with Gasteiger partial charge in [0.25, 0.3) is 5.91 Å². The lowest BCUT2D eigenvalue weighted by atomic mass is 10.1. The molecular weight excluding hydrogens is 501 g/mol. The molecule has 3 rings (SSSR count). The fourth-order valence-corrected chi connectivity index (χ4v) is 6.13. The zero-order chi connectivity index (χ0) is 23.5. The summed E-state index contributed by atoms with van der Waals surface area (Å²) in [5, 5.41) is 10.1. The molecule has 0 heterocycles. The van der Waals surface area contributed by atoms with Gasteiger partial charge in [0.2, 0.25) is 20.0 Å². The predicted octanol–water partition coefficient (Wildman–Crippen LogP) is 2.28. The number of sulfonamides is 2. The van der Waals surface area contributed by atoms with Crippen molar-refractivity contribution >= 4 is 59.9 Å². The highest BCUT2D eigenvalue weighted by atomic mass is 35.5. The maximum Gasteiger partial charge on any atom is 0.262 e. The third kappa shape index (κ3) is 5.38. The monoisotopic (exact) mass is 517 g/mol. The Balaban J connectivity index is 1.89. The van der Waals surface area contributed by atoms with E-state index >= 15 is 0 Å². The summed E-state index contributed by atoms with van der Waals surface area (Å²) in [6.45, 7) is -0.721. The maximum atomic E-state index is 13.0. The number of amides is 1. The zero-order valence-electron chi connectivity index (χ0n) is 16.1. The van der Waals surface area contributed by atoms with Crippen molar-refractivity contribution < 1.29 is 26.8 Å². The quantitative estimate of drug-likeness (QED) is 0.266. The Hall–Kier alpha value is -2.25. The van der Waals surface area contributed by atoms with E-state index in [1.54, 1.807) is 30.3 Å². The fourth-order valence-electron chi connectivity index (χ4n) is 2.90. The maximum absolute atomic E-state index is 13.0. The van der Waals surface area contributed by atoms with Crippen LogP contribution < -0.4 is 14.9 Å². The lowest BCUT2D eigenvalue weighted by molar-refractivity contribution is -0.130. The number of carbonyl (C=O) groups excluding carboxylic acids is 1. The van der Waals surface area contributed by atoms with Gasteiger partial charge >= 0.3 is 0 Å². The molecule has 3 aromatic rings. The molecule has 0 aliphatic rings. The van der Waals surface area contributed by atoms with Crippen LogP contribution >= 0.6 is 23.2 Å². The summed E-state index contributed by atoms with van der Waals surface area (Å²) >= 11 is 11.7. The van der Waals surface area contributed by atoms with Gasteiger partial charge in [0.05, 0.1) is 9.92 Å². The molecule has 170 valence electrons. The predicted molar refractivity (Wildman–Crippen MR) is 120 cm³/mol. The molecule has 0 saturated heterocycles. The van der Waals surface area contributed by atoms with Crippen LogP contribution in [0.3, 0.4) is 0 Å². The average Bonchev–Trinajstić information content (AvgIpc) is 2.77. The Labute approximate surface area is 194 Å². The van der Waals surface area contributed by atoms with E-state index in [4.69, 9.17) is 28.4 Å². The van der Waals surface area contributed by atoms with E-state index in [2.05, 4.69) is 9.44 Å². The smallest absolute Gasteiger partial charge is 0.262 e. The molecule has 0 aliphatic carbocycles. The van der Waals surface area contributed by atoms with E-state index in [0.717, 1.165) is 6.07 Å². The molecule has 1 amide bonds. The van der Waals surface area contributed by atoms with E-state index in [-0.39, 0.29) is 19.8 Å². The highest BCUT2D eigenvalue weighted by Gasteiger charge is 2.29. The first-order valence-electron chi connectivity index (χ1n) is 8.94. The highest BCUT2D eigenvalue weighted by Crippen LogP contribution is 2.25. The van der Waals surface area contributed by atoms with E-state index in [9.17, 15) is 21.6 Å². The second-order valence-electron chi connectivity index (χ2n) is 6.55. The molecule has 0 bridgehead atoms. The van der Waals surface area contributed by atoms with Gasteiger partial charge in [0.1, 0.15) is 10.9 Å². The van der Waals surface area contributed by atoms with Gasteiger partial charge in [-0.3, -0.25) is 10.0 Å². The van der Waals surface area contributed by atoms with Crippen molar-refractivity contribution in [1.29, 1.82) is 0 Å². The van der Waals surface area contributed by atoms with Crippen molar-refractivity contribution in [3.63, 3.8) is 0 Å². The second-order valence-corrected chi connectivity index (χ2v) is 10.8. The van der Waals surface area contributed by atoms with Gasteiger partial charge in [-0.25, -0.2) is 27.0 Å². The second kappa shape index (κ2) is 9.71. The van der Waals surface area contributed by atoms with E-state index in [1.807, 2.05) is 0 Å². The number of hydrogen-bond donors (Lipinski definition) is 4. The normalized spacial score (nSPS) is 13.1. The van der Waals surface area contributed by atoms with Crippen molar-refractivity contribution in [1.82, 2.24) is 14.9 Å². The van der Waals surface area contributed by atoms with E-state index in [1.165, 1.54) is 29.7 Å². The summed E-state index contributed by atoms with van der Waals surface area (Å²) in [7, 11) is -8.56. The van der Waals surface area contributed by atoms with Crippen molar-refractivity contribution in [2.45, 2.75) is 15.8 Å². The first-order chi connectivity index (χ1) is 15.0. The van der Waals surface area contributed by atoms with Gasteiger partial charge in [-0.2, -0.15) is 4.72 Å². The van der Waals surface area contributed by atoms with Crippen molar-refractivity contribution in [2.24, 2.45) is 0 Å². The van der Waals surface area contributed by atoms with E-state index in [0.29, 0.717) is 10.8 Å². The minimum atomic E-state index is -4.29. The third-order valence-electron chi connectivity index (χ3n) is 4.42. The number of hydrogen-bond acceptors (Lipinski definition) is 6. The standard InChI is InChI=1S/C19H17Cl2N3O6S2/c20-13-8-9-15(21)18(10-13)31(27,28)22-11-16(19(25)23-26)24-32(29,30)17-7-3-5-12-4-1-2-6-14(12)17/h1-10,16,22,24,26H,11H2,(H,23,25). The van der Waals surface area contributed by atoms with Gasteiger partial charge < -0.3 is 0 Å².